The van der Waals surface area contributed by atoms with E-state index in [4.69, 9.17) is 18.6 Å². The molecule has 1 aliphatic rings. The van der Waals surface area contributed by atoms with Crippen molar-refractivity contribution in [2.45, 2.75) is 46.3 Å². The quantitative estimate of drug-likeness (QED) is 0.218. The van der Waals surface area contributed by atoms with Gasteiger partial charge < -0.3 is 23.7 Å². The van der Waals surface area contributed by atoms with Gasteiger partial charge in [0.25, 0.3) is 0 Å². The van der Waals surface area contributed by atoms with E-state index in [9.17, 15) is 14.3 Å². The van der Waals surface area contributed by atoms with Gasteiger partial charge in [0, 0.05) is 17.7 Å². The highest BCUT2D eigenvalue weighted by Crippen LogP contribution is 2.43. The molecule has 0 spiro atoms. The minimum Gasteiger partial charge on any atom is -0.506 e. The molecule has 0 saturated heterocycles. The smallest absolute Gasteiger partial charge is 0.204 e. The maximum absolute atomic E-state index is 13.9. The summed E-state index contributed by atoms with van der Waals surface area (Å²) < 4.78 is 37.4. The molecular formula is C31H29FO6. The second-order valence-electron chi connectivity index (χ2n) is 10.1. The van der Waals surface area contributed by atoms with Crippen molar-refractivity contribution in [3.63, 3.8) is 0 Å². The van der Waals surface area contributed by atoms with Crippen molar-refractivity contribution in [1.82, 2.24) is 0 Å². The minimum atomic E-state index is -0.573. The third kappa shape index (κ3) is 4.60. The van der Waals surface area contributed by atoms with Gasteiger partial charge in [-0.15, -0.1) is 0 Å². The largest absolute Gasteiger partial charge is 0.506 e. The van der Waals surface area contributed by atoms with Crippen LogP contribution < -0.4 is 19.6 Å². The number of rotatable bonds is 6. The molecule has 6 nitrogen and oxygen atoms in total. The molecule has 4 aromatic rings. The topological polar surface area (TPSA) is 78.1 Å². The molecule has 5 rings (SSSR count). The van der Waals surface area contributed by atoms with Crippen LogP contribution in [0.3, 0.4) is 0 Å². The first-order chi connectivity index (χ1) is 18.1. The molecule has 0 fully saturated rings. The Kier molecular flexibility index (Phi) is 6.39. The number of methoxy groups -OCH3 is 1. The van der Waals surface area contributed by atoms with E-state index < -0.39 is 5.60 Å². The Labute approximate surface area is 219 Å². The highest BCUT2D eigenvalue weighted by molar-refractivity contribution is 5.99. The molecule has 0 radical (unpaired) electrons. The average molecular weight is 517 g/mol. The SMILES string of the molecule is COc1c(OCc2ccc(F)cc2)cc2oc3cc4c(c(O)c3c(=O)c2c1CC=C(C)C)C=CC(C)(C)O4. The molecular weight excluding hydrogens is 487 g/mol. The van der Waals surface area contributed by atoms with Gasteiger partial charge in [0.05, 0.1) is 18.1 Å². The van der Waals surface area contributed by atoms with Crippen molar-refractivity contribution in [2.75, 3.05) is 7.11 Å². The number of halogens is 1. The predicted octanol–water partition coefficient (Wildman–Crippen LogP) is 7.07. The fourth-order valence-corrected chi connectivity index (χ4v) is 4.60. The van der Waals surface area contributed by atoms with Crippen molar-refractivity contribution in [1.29, 1.82) is 0 Å². The van der Waals surface area contributed by atoms with Crippen LogP contribution in [0.4, 0.5) is 4.39 Å². The van der Waals surface area contributed by atoms with Crippen LogP contribution in [0.5, 0.6) is 23.0 Å². The summed E-state index contributed by atoms with van der Waals surface area (Å²) in [5, 5.41) is 11.5. The molecule has 196 valence electrons. The van der Waals surface area contributed by atoms with Crippen molar-refractivity contribution < 1.29 is 28.1 Å². The summed E-state index contributed by atoms with van der Waals surface area (Å²) >= 11 is 0. The fraction of sp³-hybridized carbons (Fsp3) is 0.258. The summed E-state index contributed by atoms with van der Waals surface area (Å²) in [5.74, 6) is 0.681. The number of fused-ring (bicyclic) bond motifs is 3. The third-order valence-electron chi connectivity index (χ3n) is 6.50. The second kappa shape index (κ2) is 9.56. The molecule has 0 amide bonds. The highest BCUT2D eigenvalue weighted by atomic mass is 19.1. The number of allylic oxidation sites excluding steroid dienone is 2. The van der Waals surface area contributed by atoms with E-state index in [-0.39, 0.29) is 34.6 Å². The first-order valence-electron chi connectivity index (χ1n) is 12.3. The molecule has 1 aliphatic heterocycles. The number of phenolic OH excluding ortho intramolecular Hbond substituents is 1. The Balaban J connectivity index is 1.75. The average Bonchev–Trinajstić information content (AvgIpc) is 2.85. The zero-order valence-electron chi connectivity index (χ0n) is 22.0. The Morgan fingerprint density at radius 3 is 2.50 bits per heavy atom. The van der Waals surface area contributed by atoms with Gasteiger partial charge >= 0.3 is 0 Å². The van der Waals surface area contributed by atoms with Crippen LogP contribution in [0, 0.1) is 5.82 Å². The van der Waals surface area contributed by atoms with Crippen LogP contribution in [0.25, 0.3) is 28.0 Å². The second-order valence-corrected chi connectivity index (χ2v) is 10.1. The first kappa shape index (κ1) is 25.4. The lowest BCUT2D eigenvalue weighted by atomic mass is 9.97. The number of hydrogen-bond donors (Lipinski definition) is 1. The number of phenols is 1. The minimum absolute atomic E-state index is 0.0738. The van der Waals surface area contributed by atoms with Crippen LogP contribution in [0.15, 0.2) is 63.3 Å². The first-order valence-corrected chi connectivity index (χ1v) is 12.3. The summed E-state index contributed by atoms with van der Waals surface area (Å²) in [6.45, 7) is 7.89. The maximum Gasteiger partial charge on any atom is 0.204 e. The predicted molar refractivity (Wildman–Crippen MR) is 146 cm³/mol. The number of aromatic hydroxyl groups is 1. The van der Waals surface area contributed by atoms with E-state index in [0.717, 1.165) is 11.1 Å². The zero-order chi connectivity index (χ0) is 27.2. The molecule has 1 N–H and O–H groups in total. The highest BCUT2D eigenvalue weighted by Gasteiger charge is 2.28. The summed E-state index contributed by atoms with van der Waals surface area (Å²) in [4.78, 5) is 13.9. The Hall–Kier alpha value is -4.26. The number of hydrogen-bond acceptors (Lipinski definition) is 6. The summed E-state index contributed by atoms with van der Waals surface area (Å²) in [5.41, 5.74) is 2.39. The van der Waals surface area contributed by atoms with Gasteiger partial charge in [0.15, 0.2) is 11.5 Å². The van der Waals surface area contributed by atoms with Crippen LogP contribution in [-0.2, 0) is 13.0 Å². The summed E-state index contributed by atoms with van der Waals surface area (Å²) in [6, 6.07) is 9.27. The van der Waals surface area contributed by atoms with Crippen LogP contribution in [-0.4, -0.2) is 17.8 Å². The van der Waals surface area contributed by atoms with E-state index in [2.05, 4.69) is 0 Å². The molecule has 38 heavy (non-hydrogen) atoms. The Bertz CT molecular complexity index is 1670. The standard InChI is InChI=1S/C31H29FO6/c1-17(2)6-11-21-26-23(15-25(30(21)35-5)36-16-18-7-9-19(32)10-8-18)37-24-14-22-20(12-13-31(3,4)38-22)28(33)27(24)29(26)34/h6-10,12-15,33H,11,16H2,1-5H3. The lowest BCUT2D eigenvalue weighted by molar-refractivity contribution is 0.158. The normalized spacial score (nSPS) is 13.7. The van der Waals surface area contributed by atoms with E-state index in [1.807, 2.05) is 39.8 Å². The van der Waals surface area contributed by atoms with E-state index in [1.54, 1.807) is 30.3 Å². The van der Waals surface area contributed by atoms with Crippen molar-refractivity contribution in [2.24, 2.45) is 0 Å². The Morgan fingerprint density at radius 1 is 1.11 bits per heavy atom. The number of benzene rings is 3. The molecule has 7 heteroatoms. The van der Waals surface area contributed by atoms with Crippen molar-refractivity contribution >= 4 is 28.0 Å². The molecule has 0 atom stereocenters. The maximum atomic E-state index is 13.9. The Morgan fingerprint density at radius 2 is 1.82 bits per heavy atom. The molecule has 0 aliphatic carbocycles. The lowest BCUT2D eigenvalue weighted by Gasteiger charge is -2.28. The zero-order valence-corrected chi connectivity index (χ0v) is 22.0. The molecule has 0 unspecified atom stereocenters. The molecule has 3 aromatic carbocycles. The van der Waals surface area contributed by atoms with Crippen molar-refractivity contribution in [3.8, 4) is 23.0 Å². The monoisotopic (exact) mass is 516 g/mol. The summed E-state index contributed by atoms with van der Waals surface area (Å²) in [6.07, 6.45) is 5.96. The van der Waals surface area contributed by atoms with E-state index >= 15 is 0 Å². The van der Waals surface area contributed by atoms with Gasteiger partial charge in [0.1, 0.15) is 46.1 Å². The van der Waals surface area contributed by atoms with Gasteiger partial charge in [0.2, 0.25) is 5.43 Å². The van der Waals surface area contributed by atoms with Gasteiger partial charge in [-0.1, -0.05) is 23.8 Å². The van der Waals surface area contributed by atoms with Gasteiger partial charge in [-0.2, -0.15) is 0 Å². The third-order valence-corrected chi connectivity index (χ3v) is 6.50. The van der Waals surface area contributed by atoms with Gasteiger partial charge in [-0.25, -0.2) is 4.39 Å². The molecule has 0 saturated carbocycles. The molecule has 2 heterocycles. The molecule has 1 aromatic heterocycles. The fourth-order valence-electron chi connectivity index (χ4n) is 4.60. The van der Waals surface area contributed by atoms with Crippen LogP contribution >= 0.6 is 0 Å². The lowest BCUT2D eigenvalue weighted by Crippen LogP contribution is -2.27. The van der Waals surface area contributed by atoms with Crippen LogP contribution in [0.1, 0.15) is 44.4 Å². The summed E-state index contributed by atoms with van der Waals surface area (Å²) in [7, 11) is 1.51. The van der Waals surface area contributed by atoms with Gasteiger partial charge in [-0.05, 0) is 64.0 Å². The number of ether oxygens (including phenoxy) is 3. The van der Waals surface area contributed by atoms with Gasteiger partial charge in [-0.3, -0.25) is 4.79 Å². The van der Waals surface area contributed by atoms with E-state index in [1.165, 1.54) is 19.2 Å². The van der Waals surface area contributed by atoms with E-state index in [0.29, 0.717) is 45.8 Å². The molecule has 0 bridgehead atoms. The van der Waals surface area contributed by atoms with Crippen LogP contribution in [0.2, 0.25) is 0 Å². The van der Waals surface area contributed by atoms with Crippen molar-refractivity contribution in [3.05, 3.63) is 86.9 Å².